The highest BCUT2D eigenvalue weighted by Gasteiger charge is 2.50. The fourth-order valence-electron chi connectivity index (χ4n) is 12.0. The number of hydrogen-bond donors (Lipinski definition) is 0. The van der Waals surface area contributed by atoms with E-state index in [9.17, 15) is 0 Å². The molecule has 0 radical (unpaired) electrons. The van der Waals surface area contributed by atoms with Crippen LogP contribution in [0.4, 0.5) is 34.1 Å². The van der Waals surface area contributed by atoms with Crippen LogP contribution in [0.5, 0.6) is 0 Å². The van der Waals surface area contributed by atoms with Gasteiger partial charge in [-0.1, -0.05) is 212 Å². The van der Waals surface area contributed by atoms with Crippen LogP contribution in [-0.4, -0.2) is 0 Å². The number of rotatable bonds is 5. The van der Waals surface area contributed by atoms with Crippen molar-refractivity contribution >= 4 is 34.1 Å². The summed E-state index contributed by atoms with van der Waals surface area (Å²) in [6.07, 6.45) is 0. The summed E-state index contributed by atoms with van der Waals surface area (Å²) in [5.74, 6) is 0. The zero-order valence-electron chi connectivity index (χ0n) is 37.8. The van der Waals surface area contributed by atoms with Gasteiger partial charge in [0.2, 0.25) is 0 Å². The molecule has 0 N–H and O–H groups in total. The quantitative estimate of drug-likeness (QED) is 0.170. The lowest BCUT2D eigenvalue weighted by Gasteiger charge is -2.36. The Balaban J connectivity index is 1.06. The highest BCUT2D eigenvalue weighted by atomic mass is 15.2. The average molecular weight is 877 g/mol. The number of para-hydroxylation sites is 4. The molecule has 0 saturated heterocycles. The summed E-state index contributed by atoms with van der Waals surface area (Å²) in [6, 6.07) is 99.0. The zero-order chi connectivity index (χ0) is 45.5. The van der Waals surface area contributed by atoms with E-state index in [0.29, 0.717) is 0 Å². The third-order valence-corrected chi connectivity index (χ3v) is 14.8. The van der Waals surface area contributed by atoms with E-state index in [-0.39, 0.29) is 0 Å². The van der Waals surface area contributed by atoms with Gasteiger partial charge in [-0.05, 0) is 127 Å². The lowest BCUT2D eigenvalue weighted by Crippen LogP contribution is -2.29. The maximum Gasteiger partial charge on any atom is 0.0726 e. The minimum absolute atomic E-state index is 0.615. The van der Waals surface area contributed by atoms with Crippen LogP contribution in [0.15, 0.2) is 267 Å². The molecule has 0 amide bonds. The second-order valence-electron chi connectivity index (χ2n) is 18.3. The summed E-state index contributed by atoms with van der Waals surface area (Å²) >= 11 is 0. The molecule has 0 saturated carbocycles. The van der Waals surface area contributed by atoms with Crippen molar-refractivity contribution in [3.63, 3.8) is 0 Å². The van der Waals surface area contributed by atoms with E-state index in [1.54, 1.807) is 0 Å². The van der Waals surface area contributed by atoms with Gasteiger partial charge in [-0.2, -0.15) is 0 Å². The summed E-state index contributed by atoms with van der Waals surface area (Å²) in [7, 11) is 0. The molecule has 0 atom stereocenters. The Labute approximate surface area is 403 Å². The lowest BCUT2D eigenvalue weighted by molar-refractivity contribution is 0.775. The van der Waals surface area contributed by atoms with Gasteiger partial charge < -0.3 is 9.80 Å². The number of hydrogen-bond acceptors (Lipinski definition) is 2. The molecule has 2 heteroatoms. The Bertz CT molecular complexity index is 3750. The molecule has 0 aromatic heterocycles. The molecule has 0 unspecified atom stereocenters. The molecule has 1 heterocycles. The fourth-order valence-corrected chi connectivity index (χ4v) is 12.0. The Morgan fingerprint density at radius 2 is 0.652 bits per heavy atom. The van der Waals surface area contributed by atoms with Gasteiger partial charge in [0.1, 0.15) is 0 Å². The van der Waals surface area contributed by atoms with Gasteiger partial charge in [-0.25, -0.2) is 0 Å². The smallest absolute Gasteiger partial charge is 0.0726 e. The van der Waals surface area contributed by atoms with Gasteiger partial charge in [0.15, 0.2) is 0 Å². The monoisotopic (exact) mass is 876 g/mol. The Morgan fingerprint density at radius 3 is 1.25 bits per heavy atom. The summed E-state index contributed by atoms with van der Waals surface area (Å²) < 4.78 is 0. The van der Waals surface area contributed by atoms with Crippen LogP contribution in [0.25, 0.3) is 66.8 Å². The van der Waals surface area contributed by atoms with Crippen molar-refractivity contribution in [2.75, 3.05) is 9.80 Å². The predicted molar refractivity (Wildman–Crippen MR) is 287 cm³/mol. The van der Waals surface area contributed by atoms with Gasteiger partial charge in [0.05, 0.1) is 22.5 Å². The predicted octanol–water partition coefficient (Wildman–Crippen LogP) is 18.0. The highest BCUT2D eigenvalue weighted by Crippen LogP contribution is 2.62. The molecule has 11 aromatic carbocycles. The van der Waals surface area contributed by atoms with E-state index in [1.165, 1.54) is 83.5 Å². The maximum atomic E-state index is 2.52. The summed E-state index contributed by atoms with van der Waals surface area (Å²) in [6.45, 7) is 0. The first-order chi connectivity index (χ1) is 34.3. The Hall–Kier alpha value is -8.98. The maximum absolute atomic E-state index is 2.52. The third-order valence-electron chi connectivity index (χ3n) is 14.8. The number of fused-ring (bicyclic) bond motifs is 17. The number of benzene rings is 11. The van der Waals surface area contributed by atoms with Crippen molar-refractivity contribution in [3.05, 3.63) is 289 Å². The van der Waals surface area contributed by atoms with E-state index >= 15 is 0 Å². The van der Waals surface area contributed by atoms with Crippen molar-refractivity contribution in [1.29, 1.82) is 0 Å². The molecule has 3 aliphatic rings. The Kier molecular flexibility index (Phi) is 8.84. The molecule has 2 aliphatic carbocycles. The molecule has 1 spiro atoms. The van der Waals surface area contributed by atoms with Crippen LogP contribution in [0.2, 0.25) is 0 Å². The van der Waals surface area contributed by atoms with E-state index in [1.807, 2.05) is 0 Å². The van der Waals surface area contributed by atoms with E-state index in [2.05, 4.69) is 277 Å². The van der Waals surface area contributed by atoms with Gasteiger partial charge in [-0.3, -0.25) is 0 Å². The van der Waals surface area contributed by atoms with Crippen LogP contribution >= 0.6 is 0 Å². The molecular weight excluding hydrogens is 833 g/mol. The first-order valence-corrected chi connectivity index (χ1v) is 23.9. The van der Waals surface area contributed by atoms with Crippen molar-refractivity contribution in [1.82, 2.24) is 0 Å². The Morgan fingerprint density at radius 1 is 0.261 bits per heavy atom. The minimum atomic E-state index is -0.615. The summed E-state index contributed by atoms with van der Waals surface area (Å²) in [5, 5.41) is 0. The molecule has 0 bridgehead atoms. The molecule has 0 fully saturated rings. The van der Waals surface area contributed by atoms with Crippen LogP contribution in [0.3, 0.4) is 0 Å². The third kappa shape index (κ3) is 5.79. The summed E-state index contributed by atoms with van der Waals surface area (Å²) in [4.78, 5) is 4.93. The molecule has 2 nitrogen and oxygen atoms in total. The van der Waals surface area contributed by atoms with E-state index in [0.717, 1.165) is 39.7 Å². The first kappa shape index (κ1) is 39.2. The molecule has 1 aliphatic heterocycles. The second kappa shape index (κ2) is 15.6. The van der Waals surface area contributed by atoms with Gasteiger partial charge in [0, 0.05) is 33.8 Å². The second-order valence-corrected chi connectivity index (χ2v) is 18.3. The molecule has 14 rings (SSSR count). The largest absolute Gasteiger partial charge is 0.310 e. The van der Waals surface area contributed by atoms with Gasteiger partial charge in [-0.15, -0.1) is 0 Å². The topological polar surface area (TPSA) is 6.48 Å². The average Bonchev–Trinajstić information content (AvgIpc) is 3.58. The number of nitrogens with zero attached hydrogens (tertiary/aromatic N) is 2. The first-order valence-electron chi connectivity index (χ1n) is 23.9. The van der Waals surface area contributed by atoms with Crippen LogP contribution < -0.4 is 9.80 Å². The molecule has 322 valence electrons. The van der Waals surface area contributed by atoms with Crippen molar-refractivity contribution in [3.8, 4) is 66.8 Å². The van der Waals surface area contributed by atoms with Crippen LogP contribution in [0.1, 0.15) is 22.3 Å². The number of anilines is 6. The SMILES string of the molecule is c1ccc(-c2ccccc2N(c2ccc3c(c2)-c2ccccc2N(c2ccccc2)c2ccccc2-3)c2ccc3c(c2)C2(c4ccccc4-c4ccccc4-c4ccccc42)c2ccccc2-3)cc1. The lowest BCUT2D eigenvalue weighted by atomic mass is 9.66. The molecule has 11 aromatic rings. The highest BCUT2D eigenvalue weighted by molar-refractivity contribution is 6.04. The van der Waals surface area contributed by atoms with Gasteiger partial charge in [0.25, 0.3) is 0 Å². The summed E-state index contributed by atoms with van der Waals surface area (Å²) in [5.41, 5.74) is 25.9. The van der Waals surface area contributed by atoms with Crippen LogP contribution in [-0.2, 0) is 5.41 Å². The molecule has 69 heavy (non-hydrogen) atoms. The van der Waals surface area contributed by atoms with Crippen molar-refractivity contribution in [2.45, 2.75) is 5.41 Å². The van der Waals surface area contributed by atoms with Crippen molar-refractivity contribution < 1.29 is 0 Å². The minimum Gasteiger partial charge on any atom is -0.310 e. The molecular formula is C67H44N2. The van der Waals surface area contributed by atoms with Gasteiger partial charge >= 0.3 is 0 Å². The normalized spacial score (nSPS) is 13.0. The van der Waals surface area contributed by atoms with E-state index < -0.39 is 5.41 Å². The van der Waals surface area contributed by atoms with Crippen LogP contribution in [0, 0.1) is 0 Å². The zero-order valence-corrected chi connectivity index (χ0v) is 37.8. The van der Waals surface area contributed by atoms with E-state index in [4.69, 9.17) is 0 Å². The standard InChI is InChI=1S/C67H44N2/c1-3-21-45(22-4-1)49-25-12-18-36-64(49)68(47-39-41-52-57-31-13-19-37-65(57)69(46-23-5-2-6-24-46)66-38-20-14-32-58(66)59(52)43-47)48-40-42-56-55-30-11-17-35-62(55)67(63(56)44-48)60-33-15-9-28-53(60)50-26-7-8-27-51(50)54-29-10-16-34-61(54)67/h1-44H. The van der Waals surface area contributed by atoms with Crippen molar-refractivity contribution in [2.24, 2.45) is 0 Å². The fraction of sp³-hybridized carbons (Fsp3) is 0.0149.